The van der Waals surface area contributed by atoms with Crippen LogP contribution in [0, 0.1) is 0 Å². The summed E-state index contributed by atoms with van der Waals surface area (Å²) in [6.07, 6.45) is 74.8. The summed E-state index contributed by atoms with van der Waals surface area (Å²) in [7, 11) is 1.15. The van der Waals surface area contributed by atoms with Gasteiger partial charge in [-0.15, -0.1) is 0 Å². The average molecular weight is 1080 g/mol. The summed E-state index contributed by atoms with van der Waals surface area (Å²) in [5.41, 5.74) is 0. The van der Waals surface area contributed by atoms with Crippen molar-refractivity contribution in [3.63, 3.8) is 0 Å². The average Bonchev–Trinajstić information content (AvgIpc) is 3.38. The van der Waals surface area contributed by atoms with Gasteiger partial charge in [0.2, 0.25) is 5.91 Å². The lowest BCUT2D eigenvalue weighted by molar-refractivity contribution is -0.870. The summed E-state index contributed by atoms with van der Waals surface area (Å²) in [5.74, 6) is -0.574. The van der Waals surface area contributed by atoms with E-state index >= 15 is 0 Å². The van der Waals surface area contributed by atoms with E-state index < -0.39 is 26.6 Å². The third-order valence-electron chi connectivity index (χ3n) is 13.0. The molecule has 0 aliphatic heterocycles. The van der Waals surface area contributed by atoms with E-state index in [4.69, 9.17) is 13.8 Å². The van der Waals surface area contributed by atoms with Gasteiger partial charge in [0.05, 0.1) is 33.8 Å². The first kappa shape index (κ1) is 72.7. The number of allylic oxidation sites excluding steroid dienone is 17. The maximum atomic E-state index is 13.5. The molecule has 0 radical (unpaired) electrons. The second-order valence-corrected chi connectivity index (χ2v) is 22.9. The Bertz CT molecular complexity index is 1670. The highest BCUT2D eigenvalue weighted by atomic mass is 31.2. The number of rotatable bonds is 54. The van der Waals surface area contributed by atoms with E-state index in [1.807, 2.05) is 33.3 Å². The summed E-state index contributed by atoms with van der Waals surface area (Å²) in [6, 6.07) is -0.906. The molecule has 0 fully saturated rings. The molecular formula is C66H115N2O7P. The van der Waals surface area contributed by atoms with Gasteiger partial charge in [0.15, 0.2) is 0 Å². The lowest BCUT2D eigenvalue weighted by atomic mass is 10.0. The monoisotopic (exact) mass is 1080 g/mol. The number of hydrogen-bond acceptors (Lipinski definition) is 7. The number of ether oxygens (including phenoxy) is 1. The van der Waals surface area contributed by atoms with Crippen molar-refractivity contribution in [2.24, 2.45) is 0 Å². The molecule has 3 unspecified atom stereocenters. The molecule has 1 amide bonds. The summed E-state index contributed by atoms with van der Waals surface area (Å²) in [4.78, 5) is 40.0. The van der Waals surface area contributed by atoms with Crippen molar-refractivity contribution in [1.29, 1.82) is 0 Å². The number of hydrogen-bond donors (Lipinski definition) is 1. The van der Waals surface area contributed by atoms with Crippen LogP contribution < -0.4 is 10.2 Å². The third kappa shape index (κ3) is 55.4. The van der Waals surface area contributed by atoms with Crippen molar-refractivity contribution in [3.05, 3.63) is 109 Å². The fraction of sp³-hybridized carbons (Fsp3) is 0.697. The zero-order chi connectivity index (χ0) is 55.7. The highest BCUT2D eigenvalue weighted by Crippen LogP contribution is 2.38. The van der Waals surface area contributed by atoms with Crippen molar-refractivity contribution in [3.8, 4) is 0 Å². The number of unbranched alkanes of at least 4 members (excludes halogenated alkanes) is 24. The first-order chi connectivity index (χ1) is 36.9. The van der Waals surface area contributed by atoms with E-state index in [0.29, 0.717) is 23.9 Å². The predicted molar refractivity (Wildman–Crippen MR) is 325 cm³/mol. The molecule has 0 rings (SSSR count). The van der Waals surface area contributed by atoms with Crippen LogP contribution in [0.25, 0.3) is 0 Å². The van der Waals surface area contributed by atoms with Crippen molar-refractivity contribution in [2.75, 3.05) is 40.9 Å². The van der Waals surface area contributed by atoms with Crippen LogP contribution in [0.4, 0.5) is 0 Å². The minimum atomic E-state index is -4.71. The minimum absolute atomic E-state index is 0.0324. The largest absolute Gasteiger partial charge is 0.756 e. The number of quaternary nitrogens is 1. The van der Waals surface area contributed by atoms with E-state index in [0.717, 1.165) is 116 Å². The van der Waals surface area contributed by atoms with Gasteiger partial charge in [-0.1, -0.05) is 246 Å². The number of nitrogens with one attached hydrogen (secondary N) is 1. The van der Waals surface area contributed by atoms with Crippen LogP contribution >= 0.6 is 7.82 Å². The molecule has 3 atom stereocenters. The van der Waals surface area contributed by atoms with Gasteiger partial charge in [-0.2, -0.15) is 0 Å². The van der Waals surface area contributed by atoms with Crippen LogP contribution in [0.1, 0.15) is 245 Å². The normalized spacial score (nSPS) is 14.5. The molecular weight excluding hydrogens is 964 g/mol. The summed E-state index contributed by atoms with van der Waals surface area (Å²) >= 11 is 0. The molecule has 1 N–H and O–H groups in total. The Morgan fingerprint density at radius 1 is 0.487 bits per heavy atom. The van der Waals surface area contributed by atoms with E-state index in [-0.39, 0.29) is 24.9 Å². The second-order valence-electron chi connectivity index (χ2n) is 21.5. The standard InChI is InChI=1S/C66H115N2O7P/c1-7-10-13-16-19-22-25-28-30-31-32-33-34-35-36-37-39-40-43-46-49-52-55-58-65(69)67-63(62-74-76(71,72)73-61-60-68(4,5)6)64(57-54-51-48-45-42-27-24-21-18-15-12-9-3)75-66(70)59-56-53-50-47-44-41-38-29-26-23-20-17-14-11-8-2/h10-11,13-14,17,19-20,22-23,26,28,30,32-33,35-36,54,57,63-64H,7-9,12,15-16,18,21,24-25,27,29,31,34,37-53,55-56,58-62H2,1-6H3,(H-,67,69,71,72)/b13-10-,14-11+,20-17+,22-19-,26-23+,30-28-,33-32-,36-35-,57-54-. The fourth-order valence-electron chi connectivity index (χ4n) is 8.31. The Balaban J connectivity index is 5.26. The van der Waals surface area contributed by atoms with Gasteiger partial charge < -0.3 is 28.5 Å². The number of nitrogens with zero attached hydrogens (tertiary/aromatic N) is 1. The maximum absolute atomic E-state index is 13.5. The maximum Gasteiger partial charge on any atom is 0.306 e. The molecule has 76 heavy (non-hydrogen) atoms. The highest BCUT2D eigenvalue weighted by Gasteiger charge is 2.27. The van der Waals surface area contributed by atoms with E-state index in [9.17, 15) is 19.0 Å². The highest BCUT2D eigenvalue weighted by molar-refractivity contribution is 7.45. The van der Waals surface area contributed by atoms with Crippen LogP contribution in [0.2, 0.25) is 0 Å². The van der Waals surface area contributed by atoms with Gasteiger partial charge >= 0.3 is 5.97 Å². The number of phosphoric ester groups is 1. The van der Waals surface area contributed by atoms with Gasteiger partial charge in [0.1, 0.15) is 19.3 Å². The van der Waals surface area contributed by atoms with Crippen molar-refractivity contribution in [1.82, 2.24) is 5.32 Å². The molecule has 0 bridgehead atoms. The molecule has 10 heteroatoms. The van der Waals surface area contributed by atoms with Gasteiger partial charge in [0.25, 0.3) is 7.82 Å². The molecule has 0 spiro atoms. The Morgan fingerprint density at radius 3 is 1.41 bits per heavy atom. The molecule has 0 aromatic rings. The topological polar surface area (TPSA) is 114 Å². The molecule has 9 nitrogen and oxygen atoms in total. The molecule has 0 aromatic heterocycles. The lowest BCUT2D eigenvalue weighted by Crippen LogP contribution is -2.47. The molecule has 436 valence electrons. The third-order valence-corrected chi connectivity index (χ3v) is 14.0. The van der Waals surface area contributed by atoms with Crippen molar-refractivity contribution in [2.45, 2.75) is 258 Å². The van der Waals surface area contributed by atoms with Crippen LogP contribution in [-0.4, -0.2) is 69.4 Å². The first-order valence-corrected chi connectivity index (χ1v) is 32.2. The van der Waals surface area contributed by atoms with Crippen molar-refractivity contribution < 1.29 is 37.3 Å². The second kappa shape index (κ2) is 55.0. The summed E-state index contributed by atoms with van der Waals surface area (Å²) < 4.78 is 30.3. The minimum Gasteiger partial charge on any atom is -0.756 e. The van der Waals surface area contributed by atoms with Gasteiger partial charge in [-0.25, -0.2) is 0 Å². The van der Waals surface area contributed by atoms with E-state index in [1.54, 1.807) is 0 Å². The van der Waals surface area contributed by atoms with Crippen molar-refractivity contribution >= 4 is 19.7 Å². The number of amides is 1. The molecule has 0 saturated carbocycles. The quantitative estimate of drug-likeness (QED) is 0.0161. The zero-order valence-electron chi connectivity index (χ0n) is 49.7. The Kier molecular flexibility index (Phi) is 52.6. The van der Waals surface area contributed by atoms with Gasteiger partial charge in [0, 0.05) is 12.8 Å². The molecule has 0 aliphatic carbocycles. The van der Waals surface area contributed by atoms with Crippen LogP contribution in [0.15, 0.2) is 109 Å². The SMILES string of the molecule is CC/C=C\C/C=C\C/C=C\C/C=C\C/C=C\CCCCCCCCCC(=O)NC(COP(=O)([O-])OCC[N+](C)(C)C)C(/C=C\CCCCCCCCCCCC)OC(=O)CCCCCCCCC/C=C/C=C/C=C/CC. The van der Waals surface area contributed by atoms with Gasteiger partial charge in [-0.3, -0.25) is 14.2 Å². The molecule has 0 heterocycles. The van der Waals surface area contributed by atoms with E-state index in [2.05, 4.69) is 123 Å². The molecule has 0 aromatic carbocycles. The Morgan fingerprint density at radius 2 is 0.908 bits per heavy atom. The Labute approximate surface area is 468 Å². The smallest absolute Gasteiger partial charge is 0.306 e. The number of carbonyl (C=O) groups excluding carboxylic acids is 2. The lowest BCUT2D eigenvalue weighted by Gasteiger charge is -2.30. The molecule has 0 saturated heterocycles. The zero-order valence-corrected chi connectivity index (χ0v) is 50.6. The van der Waals surface area contributed by atoms with Crippen LogP contribution in [-0.2, 0) is 27.9 Å². The number of phosphoric acid groups is 1. The summed E-state index contributed by atoms with van der Waals surface area (Å²) in [5, 5.41) is 3.02. The number of likely N-dealkylation sites (N-methyl/N-ethyl adjacent to an activating group) is 1. The van der Waals surface area contributed by atoms with Crippen LogP contribution in [0.3, 0.4) is 0 Å². The van der Waals surface area contributed by atoms with E-state index in [1.165, 1.54) is 89.9 Å². The summed E-state index contributed by atoms with van der Waals surface area (Å²) in [6.45, 7) is 6.57. The molecule has 0 aliphatic rings. The predicted octanol–water partition coefficient (Wildman–Crippen LogP) is 18.3. The van der Waals surface area contributed by atoms with Gasteiger partial charge in [-0.05, 0) is 96.0 Å². The fourth-order valence-corrected chi connectivity index (χ4v) is 9.04. The number of carbonyl (C=O) groups is 2. The number of esters is 1. The van der Waals surface area contributed by atoms with Crippen LogP contribution in [0.5, 0.6) is 0 Å². The Hall–Kier alpha value is -3.33. The first-order valence-electron chi connectivity index (χ1n) is 30.7.